The molecule has 0 aromatic carbocycles. The van der Waals surface area contributed by atoms with Crippen LogP contribution in [0, 0.1) is 0 Å². The van der Waals surface area contributed by atoms with Crippen LogP contribution in [-0.2, 0) is 9.53 Å². The average Bonchev–Trinajstić information content (AvgIpc) is 2.76. The largest absolute Gasteiger partial charge is 0.472 e. The molecule has 0 fully saturated rings. The van der Waals surface area contributed by atoms with Crippen LogP contribution in [0.3, 0.4) is 0 Å². The van der Waals surface area contributed by atoms with E-state index in [1.165, 1.54) is 6.08 Å². The van der Waals surface area contributed by atoms with Gasteiger partial charge in [0.1, 0.15) is 6.61 Å². The predicted molar refractivity (Wildman–Crippen MR) is 57.4 cm³/mol. The van der Waals surface area contributed by atoms with Gasteiger partial charge in [-0.25, -0.2) is 0 Å². The molecule has 80 valence electrons. The standard InChI is InChI=1S/C12H14O3/c1-3-5-12(10-6-7-14-8-10)15-9-11(13)4-2/h3-4,6-8,12H,1-2,5,9H2/t12-/m1/s1. The lowest BCUT2D eigenvalue weighted by atomic mass is 10.1. The highest BCUT2D eigenvalue weighted by atomic mass is 16.5. The van der Waals surface area contributed by atoms with Crippen LogP contribution in [0.2, 0.25) is 0 Å². The van der Waals surface area contributed by atoms with E-state index in [9.17, 15) is 4.79 Å². The smallest absolute Gasteiger partial charge is 0.180 e. The number of hydrogen-bond donors (Lipinski definition) is 0. The summed E-state index contributed by atoms with van der Waals surface area (Å²) in [7, 11) is 0. The summed E-state index contributed by atoms with van der Waals surface area (Å²) < 4.78 is 10.4. The summed E-state index contributed by atoms with van der Waals surface area (Å²) in [6.45, 7) is 7.06. The van der Waals surface area contributed by atoms with Gasteiger partial charge in [0.25, 0.3) is 0 Å². The van der Waals surface area contributed by atoms with Crippen LogP contribution in [-0.4, -0.2) is 12.4 Å². The third kappa shape index (κ3) is 3.56. The molecule has 1 aromatic heterocycles. The topological polar surface area (TPSA) is 39.4 Å². The Morgan fingerprint density at radius 1 is 1.60 bits per heavy atom. The quantitative estimate of drug-likeness (QED) is 0.508. The highest BCUT2D eigenvalue weighted by Crippen LogP contribution is 2.21. The first-order valence-corrected chi connectivity index (χ1v) is 4.67. The van der Waals surface area contributed by atoms with Crippen molar-refractivity contribution in [3.8, 4) is 0 Å². The molecule has 15 heavy (non-hydrogen) atoms. The van der Waals surface area contributed by atoms with Gasteiger partial charge in [-0.1, -0.05) is 12.7 Å². The fraction of sp³-hybridized carbons (Fsp3) is 0.250. The summed E-state index contributed by atoms with van der Waals surface area (Å²) >= 11 is 0. The lowest BCUT2D eigenvalue weighted by Gasteiger charge is -2.13. The Balaban J connectivity index is 2.55. The average molecular weight is 206 g/mol. The van der Waals surface area contributed by atoms with Crippen molar-refractivity contribution in [2.45, 2.75) is 12.5 Å². The van der Waals surface area contributed by atoms with Crippen molar-refractivity contribution in [2.75, 3.05) is 6.61 Å². The second-order valence-electron chi connectivity index (χ2n) is 3.05. The normalized spacial score (nSPS) is 12.0. The first-order valence-electron chi connectivity index (χ1n) is 4.67. The van der Waals surface area contributed by atoms with Gasteiger partial charge in [0.05, 0.1) is 18.6 Å². The zero-order chi connectivity index (χ0) is 11.1. The molecular formula is C12H14O3. The van der Waals surface area contributed by atoms with Gasteiger partial charge in [-0.15, -0.1) is 6.58 Å². The van der Waals surface area contributed by atoms with E-state index in [4.69, 9.17) is 9.15 Å². The number of hydrogen-bond acceptors (Lipinski definition) is 3. The molecule has 0 bridgehead atoms. The van der Waals surface area contributed by atoms with Crippen LogP contribution in [0.4, 0.5) is 0 Å². The first-order chi connectivity index (χ1) is 7.27. The second-order valence-corrected chi connectivity index (χ2v) is 3.05. The van der Waals surface area contributed by atoms with E-state index in [-0.39, 0.29) is 18.5 Å². The minimum atomic E-state index is -0.176. The number of ether oxygens (including phenoxy) is 1. The van der Waals surface area contributed by atoms with Crippen LogP contribution in [0.1, 0.15) is 18.1 Å². The van der Waals surface area contributed by atoms with Gasteiger partial charge in [0.15, 0.2) is 5.78 Å². The molecule has 1 atom stereocenters. The monoisotopic (exact) mass is 206 g/mol. The Kier molecular flexibility index (Phi) is 4.57. The fourth-order valence-electron chi connectivity index (χ4n) is 1.15. The van der Waals surface area contributed by atoms with Crippen LogP contribution >= 0.6 is 0 Å². The van der Waals surface area contributed by atoms with Crippen LogP contribution in [0.5, 0.6) is 0 Å². The number of ketones is 1. The number of rotatable bonds is 7. The number of carbonyl (C=O) groups excluding carboxylic acids is 1. The van der Waals surface area contributed by atoms with Crippen molar-refractivity contribution in [2.24, 2.45) is 0 Å². The Labute approximate surface area is 89.0 Å². The van der Waals surface area contributed by atoms with Gasteiger partial charge in [0.2, 0.25) is 0 Å². The summed E-state index contributed by atoms with van der Waals surface area (Å²) in [6.07, 6.45) is 6.64. The molecule has 1 rings (SSSR count). The molecule has 0 aliphatic carbocycles. The van der Waals surface area contributed by atoms with Crippen molar-refractivity contribution in [1.29, 1.82) is 0 Å². The third-order valence-electron chi connectivity index (χ3n) is 1.95. The lowest BCUT2D eigenvalue weighted by Crippen LogP contribution is -2.10. The SMILES string of the molecule is C=CC[C@@H](OCC(=O)C=C)c1ccoc1. The Hall–Kier alpha value is -1.61. The predicted octanol–water partition coefficient (Wildman–Crippen LogP) is 2.67. The zero-order valence-corrected chi connectivity index (χ0v) is 8.52. The summed E-state index contributed by atoms with van der Waals surface area (Å²) in [5.41, 5.74) is 0.909. The molecule has 0 radical (unpaired) electrons. The zero-order valence-electron chi connectivity index (χ0n) is 8.52. The highest BCUT2D eigenvalue weighted by Gasteiger charge is 2.12. The van der Waals surface area contributed by atoms with E-state index < -0.39 is 0 Å². The van der Waals surface area contributed by atoms with Gasteiger partial charge in [-0.05, 0) is 18.6 Å². The van der Waals surface area contributed by atoms with Crippen molar-refractivity contribution in [3.05, 3.63) is 49.5 Å². The van der Waals surface area contributed by atoms with E-state index in [0.29, 0.717) is 6.42 Å². The maximum absolute atomic E-state index is 11.0. The maximum Gasteiger partial charge on any atom is 0.180 e. The summed E-state index contributed by atoms with van der Waals surface area (Å²) in [5, 5.41) is 0. The van der Waals surface area contributed by atoms with Crippen LogP contribution < -0.4 is 0 Å². The minimum Gasteiger partial charge on any atom is -0.472 e. The molecule has 3 nitrogen and oxygen atoms in total. The van der Waals surface area contributed by atoms with Gasteiger partial charge in [-0.2, -0.15) is 0 Å². The molecule has 0 unspecified atom stereocenters. The lowest BCUT2D eigenvalue weighted by molar-refractivity contribution is -0.120. The third-order valence-corrected chi connectivity index (χ3v) is 1.95. The Morgan fingerprint density at radius 3 is 2.93 bits per heavy atom. The Bertz CT molecular complexity index is 325. The van der Waals surface area contributed by atoms with Crippen molar-refractivity contribution < 1.29 is 13.9 Å². The van der Waals surface area contributed by atoms with Gasteiger partial charge < -0.3 is 9.15 Å². The van der Waals surface area contributed by atoms with E-state index >= 15 is 0 Å². The molecule has 0 saturated carbocycles. The molecule has 0 N–H and O–H groups in total. The Morgan fingerprint density at radius 2 is 2.40 bits per heavy atom. The molecule has 0 aliphatic heterocycles. The van der Waals surface area contributed by atoms with Crippen molar-refractivity contribution in [1.82, 2.24) is 0 Å². The molecule has 0 amide bonds. The highest BCUT2D eigenvalue weighted by molar-refractivity contribution is 5.90. The van der Waals surface area contributed by atoms with Crippen molar-refractivity contribution >= 4 is 5.78 Å². The maximum atomic E-state index is 11.0. The minimum absolute atomic E-state index is 0.0349. The van der Waals surface area contributed by atoms with Crippen LogP contribution in [0.25, 0.3) is 0 Å². The molecule has 1 heterocycles. The van der Waals surface area contributed by atoms with E-state index in [2.05, 4.69) is 13.2 Å². The van der Waals surface area contributed by atoms with E-state index in [0.717, 1.165) is 5.56 Å². The summed E-state index contributed by atoms with van der Waals surface area (Å²) in [6, 6.07) is 1.81. The van der Waals surface area contributed by atoms with E-state index in [1.807, 2.05) is 6.07 Å². The second kappa shape index (κ2) is 5.98. The molecular weight excluding hydrogens is 192 g/mol. The van der Waals surface area contributed by atoms with Crippen molar-refractivity contribution in [3.63, 3.8) is 0 Å². The molecule has 0 spiro atoms. The van der Waals surface area contributed by atoms with Gasteiger partial charge >= 0.3 is 0 Å². The summed E-state index contributed by atoms with van der Waals surface area (Å²) in [4.78, 5) is 11.0. The summed E-state index contributed by atoms with van der Waals surface area (Å²) in [5.74, 6) is -0.132. The number of furan rings is 1. The molecule has 0 aliphatic rings. The van der Waals surface area contributed by atoms with E-state index in [1.54, 1.807) is 18.6 Å². The first kappa shape index (κ1) is 11.5. The molecule has 1 aromatic rings. The van der Waals surface area contributed by atoms with Crippen LogP contribution in [0.15, 0.2) is 48.3 Å². The van der Waals surface area contributed by atoms with Gasteiger partial charge in [-0.3, -0.25) is 4.79 Å². The number of carbonyl (C=O) groups is 1. The molecule has 3 heteroatoms. The van der Waals surface area contributed by atoms with Gasteiger partial charge in [0, 0.05) is 5.56 Å². The fourth-order valence-corrected chi connectivity index (χ4v) is 1.15. The molecule has 0 saturated heterocycles.